The van der Waals surface area contributed by atoms with Crippen LogP contribution in [-0.4, -0.2) is 11.6 Å². The van der Waals surface area contributed by atoms with Gasteiger partial charge in [0.25, 0.3) is 0 Å². The standard InChI is InChI=1S/C15H13FN2OS/c1-2-19-12-5-3-4-11(9-12)17-15-18-13-7-6-10(16)8-14(13)20-15/h3-9H,2H2,1H3,(H,17,18). The highest BCUT2D eigenvalue weighted by atomic mass is 32.1. The van der Waals surface area contributed by atoms with Crippen molar-refractivity contribution in [2.75, 3.05) is 11.9 Å². The van der Waals surface area contributed by atoms with Crippen molar-refractivity contribution in [1.29, 1.82) is 0 Å². The van der Waals surface area contributed by atoms with E-state index in [4.69, 9.17) is 4.74 Å². The summed E-state index contributed by atoms with van der Waals surface area (Å²) in [7, 11) is 0. The average Bonchev–Trinajstić information content (AvgIpc) is 2.81. The molecular formula is C15H13FN2OS. The third kappa shape index (κ3) is 2.72. The van der Waals surface area contributed by atoms with E-state index >= 15 is 0 Å². The van der Waals surface area contributed by atoms with Crippen LogP contribution in [0.5, 0.6) is 5.75 Å². The Hall–Kier alpha value is -2.14. The average molecular weight is 288 g/mol. The third-order valence-corrected chi connectivity index (χ3v) is 3.68. The summed E-state index contributed by atoms with van der Waals surface area (Å²) in [6.45, 7) is 2.58. The fourth-order valence-corrected chi connectivity index (χ4v) is 2.82. The maximum Gasteiger partial charge on any atom is 0.188 e. The van der Waals surface area contributed by atoms with Crippen molar-refractivity contribution in [2.24, 2.45) is 0 Å². The first kappa shape index (κ1) is 12.9. The molecule has 2 aromatic carbocycles. The molecule has 1 N–H and O–H groups in total. The maximum absolute atomic E-state index is 13.2. The molecule has 3 rings (SSSR count). The summed E-state index contributed by atoms with van der Waals surface area (Å²) in [5.74, 6) is 0.565. The first-order valence-corrected chi connectivity index (χ1v) is 7.12. The number of halogens is 1. The van der Waals surface area contributed by atoms with Gasteiger partial charge in [-0.05, 0) is 37.3 Å². The molecule has 102 valence electrons. The minimum atomic E-state index is -0.244. The molecule has 0 fully saturated rings. The molecule has 0 saturated heterocycles. The summed E-state index contributed by atoms with van der Waals surface area (Å²) in [4.78, 5) is 4.42. The van der Waals surface area contributed by atoms with E-state index in [2.05, 4.69) is 10.3 Å². The fraction of sp³-hybridized carbons (Fsp3) is 0.133. The summed E-state index contributed by atoms with van der Waals surface area (Å²) in [6, 6.07) is 12.3. The van der Waals surface area contributed by atoms with Gasteiger partial charge in [-0.3, -0.25) is 0 Å². The molecule has 0 saturated carbocycles. The van der Waals surface area contributed by atoms with Crippen molar-refractivity contribution < 1.29 is 9.13 Å². The van der Waals surface area contributed by atoms with Crippen LogP contribution in [0.25, 0.3) is 10.2 Å². The van der Waals surface area contributed by atoms with E-state index in [9.17, 15) is 4.39 Å². The number of fused-ring (bicyclic) bond motifs is 1. The highest BCUT2D eigenvalue weighted by molar-refractivity contribution is 7.22. The molecule has 1 aromatic heterocycles. The predicted molar refractivity (Wildman–Crippen MR) is 80.5 cm³/mol. The Bertz CT molecular complexity index is 742. The number of hydrogen-bond acceptors (Lipinski definition) is 4. The number of aromatic nitrogens is 1. The summed E-state index contributed by atoms with van der Waals surface area (Å²) < 4.78 is 19.4. The Labute approximate surface area is 120 Å². The van der Waals surface area contributed by atoms with Gasteiger partial charge >= 0.3 is 0 Å². The summed E-state index contributed by atoms with van der Waals surface area (Å²) in [5, 5.41) is 3.95. The SMILES string of the molecule is CCOc1cccc(Nc2nc3ccc(F)cc3s2)c1. The minimum absolute atomic E-state index is 0.244. The number of anilines is 2. The quantitative estimate of drug-likeness (QED) is 0.763. The smallest absolute Gasteiger partial charge is 0.188 e. The topological polar surface area (TPSA) is 34.1 Å². The first-order chi connectivity index (χ1) is 9.74. The van der Waals surface area contributed by atoms with Gasteiger partial charge in [-0.25, -0.2) is 9.37 Å². The zero-order chi connectivity index (χ0) is 13.9. The number of thiazole rings is 1. The Morgan fingerprint density at radius 1 is 1.25 bits per heavy atom. The molecule has 0 aliphatic heterocycles. The van der Waals surface area contributed by atoms with Crippen LogP contribution in [0.1, 0.15) is 6.92 Å². The molecule has 0 amide bonds. The van der Waals surface area contributed by atoms with Crippen LogP contribution >= 0.6 is 11.3 Å². The molecule has 3 aromatic rings. The lowest BCUT2D eigenvalue weighted by Gasteiger charge is -2.06. The number of hydrogen-bond donors (Lipinski definition) is 1. The number of nitrogens with one attached hydrogen (secondary N) is 1. The molecule has 0 spiro atoms. The van der Waals surface area contributed by atoms with Crippen LogP contribution in [0, 0.1) is 5.82 Å². The Kier molecular flexibility index (Phi) is 3.52. The van der Waals surface area contributed by atoms with Crippen molar-refractivity contribution in [3.05, 3.63) is 48.3 Å². The molecule has 20 heavy (non-hydrogen) atoms. The molecule has 0 aliphatic carbocycles. The van der Waals surface area contributed by atoms with Gasteiger partial charge in [-0.15, -0.1) is 0 Å². The van der Waals surface area contributed by atoms with Crippen molar-refractivity contribution >= 4 is 32.4 Å². The number of ether oxygens (including phenoxy) is 1. The second kappa shape index (κ2) is 5.46. The van der Waals surface area contributed by atoms with E-state index in [1.807, 2.05) is 31.2 Å². The third-order valence-electron chi connectivity index (χ3n) is 2.75. The molecule has 3 nitrogen and oxygen atoms in total. The largest absolute Gasteiger partial charge is 0.494 e. The van der Waals surface area contributed by atoms with Gasteiger partial charge in [0.2, 0.25) is 0 Å². The Morgan fingerprint density at radius 2 is 2.15 bits per heavy atom. The number of nitrogens with zero attached hydrogens (tertiary/aromatic N) is 1. The highest BCUT2D eigenvalue weighted by Crippen LogP contribution is 2.29. The molecule has 0 unspecified atom stereocenters. The van der Waals surface area contributed by atoms with Gasteiger partial charge in [0.1, 0.15) is 11.6 Å². The van der Waals surface area contributed by atoms with E-state index in [0.29, 0.717) is 6.61 Å². The van der Waals surface area contributed by atoms with E-state index < -0.39 is 0 Å². The van der Waals surface area contributed by atoms with Gasteiger partial charge < -0.3 is 10.1 Å². The normalized spacial score (nSPS) is 10.7. The molecule has 0 bridgehead atoms. The van der Waals surface area contributed by atoms with Crippen LogP contribution in [0.15, 0.2) is 42.5 Å². The number of benzene rings is 2. The molecule has 5 heteroatoms. The van der Waals surface area contributed by atoms with Crippen LogP contribution in [0.3, 0.4) is 0 Å². The van der Waals surface area contributed by atoms with Gasteiger partial charge in [0, 0.05) is 11.8 Å². The van der Waals surface area contributed by atoms with Gasteiger partial charge in [0.05, 0.1) is 16.8 Å². The highest BCUT2D eigenvalue weighted by Gasteiger charge is 2.05. The molecule has 1 heterocycles. The summed E-state index contributed by atoms with van der Waals surface area (Å²) >= 11 is 1.42. The van der Waals surface area contributed by atoms with E-state index in [1.165, 1.54) is 23.5 Å². The maximum atomic E-state index is 13.2. The second-order valence-electron chi connectivity index (χ2n) is 4.22. The lowest BCUT2D eigenvalue weighted by atomic mass is 10.3. The predicted octanol–water partition coefficient (Wildman–Crippen LogP) is 4.58. The first-order valence-electron chi connectivity index (χ1n) is 6.30. The van der Waals surface area contributed by atoms with E-state index in [-0.39, 0.29) is 5.82 Å². The van der Waals surface area contributed by atoms with Gasteiger partial charge in [-0.1, -0.05) is 17.4 Å². The van der Waals surface area contributed by atoms with Crippen LogP contribution in [0.4, 0.5) is 15.2 Å². The summed E-state index contributed by atoms with van der Waals surface area (Å²) in [5.41, 5.74) is 1.69. The fourth-order valence-electron chi connectivity index (χ4n) is 1.91. The van der Waals surface area contributed by atoms with Crippen LogP contribution < -0.4 is 10.1 Å². The minimum Gasteiger partial charge on any atom is -0.494 e. The lowest BCUT2D eigenvalue weighted by Crippen LogP contribution is -1.93. The zero-order valence-corrected chi connectivity index (χ0v) is 11.7. The van der Waals surface area contributed by atoms with Crippen molar-refractivity contribution in [3.63, 3.8) is 0 Å². The Morgan fingerprint density at radius 3 is 3.00 bits per heavy atom. The lowest BCUT2D eigenvalue weighted by molar-refractivity contribution is 0.340. The second-order valence-corrected chi connectivity index (χ2v) is 5.25. The molecule has 0 radical (unpaired) electrons. The van der Waals surface area contributed by atoms with E-state index in [0.717, 1.165) is 26.8 Å². The van der Waals surface area contributed by atoms with E-state index in [1.54, 1.807) is 6.07 Å². The zero-order valence-electron chi connectivity index (χ0n) is 10.9. The van der Waals surface area contributed by atoms with Gasteiger partial charge in [0.15, 0.2) is 5.13 Å². The molecule has 0 aliphatic rings. The van der Waals surface area contributed by atoms with Crippen molar-refractivity contribution in [3.8, 4) is 5.75 Å². The van der Waals surface area contributed by atoms with Crippen molar-refractivity contribution in [2.45, 2.75) is 6.92 Å². The Balaban J connectivity index is 1.87. The van der Waals surface area contributed by atoms with Crippen LogP contribution in [-0.2, 0) is 0 Å². The number of rotatable bonds is 4. The van der Waals surface area contributed by atoms with Crippen molar-refractivity contribution in [1.82, 2.24) is 4.98 Å². The molecular weight excluding hydrogens is 275 g/mol. The molecule has 0 atom stereocenters. The van der Waals surface area contributed by atoms with Gasteiger partial charge in [-0.2, -0.15) is 0 Å². The van der Waals surface area contributed by atoms with Crippen LogP contribution in [0.2, 0.25) is 0 Å². The summed E-state index contributed by atoms with van der Waals surface area (Å²) in [6.07, 6.45) is 0. The monoisotopic (exact) mass is 288 g/mol.